The van der Waals surface area contributed by atoms with Crippen LogP contribution in [0.5, 0.6) is 0 Å². The summed E-state index contributed by atoms with van der Waals surface area (Å²) in [7, 11) is 1.78. The van der Waals surface area contributed by atoms with Gasteiger partial charge in [0.1, 0.15) is 0 Å². The van der Waals surface area contributed by atoms with Crippen molar-refractivity contribution >= 4 is 17.3 Å². The van der Waals surface area contributed by atoms with Gasteiger partial charge in [0.25, 0.3) is 0 Å². The molecule has 0 saturated heterocycles. The van der Waals surface area contributed by atoms with Crippen molar-refractivity contribution in [3.8, 4) is 0 Å². The molecule has 1 aliphatic rings. The number of thiocarbonyl (C=S) groups is 1. The molecule has 1 rings (SSSR count). The first kappa shape index (κ1) is 11.7. The van der Waals surface area contributed by atoms with Gasteiger partial charge in [-0.3, -0.25) is 0 Å². The quantitative estimate of drug-likeness (QED) is 0.699. The Morgan fingerprint density at radius 3 is 2.64 bits per heavy atom. The Morgan fingerprint density at radius 1 is 1.43 bits per heavy atom. The summed E-state index contributed by atoms with van der Waals surface area (Å²) >= 11 is 5.18. The van der Waals surface area contributed by atoms with E-state index in [1.165, 1.54) is 0 Å². The lowest BCUT2D eigenvalue weighted by Crippen LogP contribution is -2.43. The van der Waals surface area contributed by atoms with Crippen LogP contribution in [-0.2, 0) is 4.74 Å². The first-order valence-electron chi connectivity index (χ1n) is 5.21. The van der Waals surface area contributed by atoms with E-state index in [2.05, 4.69) is 24.5 Å². The number of nitrogens with one attached hydrogen (secondary N) is 2. The number of hydrogen-bond acceptors (Lipinski definition) is 2. The molecule has 0 aromatic carbocycles. The van der Waals surface area contributed by atoms with Crippen molar-refractivity contribution in [2.45, 2.75) is 51.3 Å². The van der Waals surface area contributed by atoms with E-state index in [0.29, 0.717) is 18.2 Å². The molecule has 2 N–H and O–H groups in total. The van der Waals surface area contributed by atoms with E-state index < -0.39 is 0 Å². The molecule has 1 saturated carbocycles. The third-order valence-electron chi connectivity index (χ3n) is 2.47. The first-order chi connectivity index (χ1) is 6.61. The van der Waals surface area contributed by atoms with Gasteiger partial charge in [0.2, 0.25) is 0 Å². The summed E-state index contributed by atoms with van der Waals surface area (Å²) in [6.07, 6.45) is 3.77. The van der Waals surface area contributed by atoms with Gasteiger partial charge in [-0.05, 0) is 45.3 Å². The van der Waals surface area contributed by atoms with Gasteiger partial charge in [0.15, 0.2) is 5.11 Å². The van der Waals surface area contributed by atoms with Crippen molar-refractivity contribution in [3.63, 3.8) is 0 Å². The molecule has 4 heteroatoms. The minimum absolute atomic E-state index is 0.398. The van der Waals surface area contributed by atoms with Crippen molar-refractivity contribution in [1.82, 2.24) is 10.6 Å². The molecule has 0 bridgehead atoms. The van der Waals surface area contributed by atoms with Crippen molar-refractivity contribution in [2.75, 3.05) is 7.11 Å². The molecule has 0 spiro atoms. The largest absolute Gasteiger partial charge is 0.381 e. The van der Waals surface area contributed by atoms with Crippen molar-refractivity contribution in [2.24, 2.45) is 0 Å². The predicted molar refractivity (Wildman–Crippen MR) is 62.4 cm³/mol. The minimum atomic E-state index is 0.398. The van der Waals surface area contributed by atoms with Crippen molar-refractivity contribution < 1.29 is 4.74 Å². The average Bonchev–Trinajstić information content (AvgIpc) is 2.50. The fourth-order valence-corrected chi connectivity index (χ4v) is 2.18. The maximum absolute atomic E-state index is 5.30. The zero-order chi connectivity index (χ0) is 10.6. The highest BCUT2D eigenvalue weighted by Gasteiger charge is 2.24. The van der Waals surface area contributed by atoms with E-state index in [0.717, 1.165) is 24.4 Å². The molecular weight excluding hydrogens is 196 g/mol. The summed E-state index contributed by atoms with van der Waals surface area (Å²) in [6.45, 7) is 4.17. The summed E-state index contributed by atoms with van der Waals surface area (Å²) in [5, 5.41) is 7.26. The lowest BCUT2D eigenvalue weighted by atomic mass is 10.2. The molecular formula is C10H20N2OS. The molecule has 82 valence electrons. The summed E-state index contributed by atoms with van der Waals surface area (Å²) in [4.78, 5) is 0. The molecule has 0 aromatic heterocycles. The van der Waals surface area contributed by atoms with Crippen molar-refractivity contribution in [1.29, 1.82) is 0 Å². The predicted octanol–water partition coefficient (Wildman–Crippen LogP) is 1.43. The standard InChI is InChI=1S/C10H20N2OS/c1-7(2)11-10(14)12-8-4-5-9(6-8)13-3/h7-9H,4-6H2,1-3H3,(H2,11,12,14). The van der Waals surface area contributed by atoms with E-state index in [1.54, 1.807) is 7.11 Å². The van der Waals surface area contributed by atoms with Gasteiger partial charge in [0.05, 0.1) is 6.10 Å². The second-order valence-corrected chi connectivity index (χ2v) is 4.55. The molecule has 2 unspecified atom stereocenters. The molecule has 0 radical (unpaired) electrons. The van der Waals surface area contributed by atoms with E-state index >= 15 is 0 Å². The third kappa shape index (κ3) is 3.80. The molecule has 0 aliphatic heterocycles. The Bertz CT molecular complexity index is 197. The maximum Gasteiger partial charge on any atom is 0.166 e. The van der Waals surface area contributed by atoms with Gasteiger partial charge in [-0.15, -0.1) is 0 Å². The normalized spacial score (nSPS) is 26.6. The number of ether oxygens (including phenoxy) is 1. The monoisotopic (exact) mass is 216 g/mol. The summed E-state index contributed by atoms with van der Waals surface area (Å²) in [5.74, 6) is 0. The Balaban J connectivity index is 2.22. The topological polar surface area (TPSA) is 33.3 Å². The summed E-state index contributed by atoms with van der Waals surface area (Å²) in [5.41, 5.74) is 0. The van der Waals surface area contributed by atoms with Gasteiger partial charge >= 0.3 is 0 Å². The highest BCUT2D eigenvalue weighted by molar-refractivity contribution is 7.80. The third-order valence-corrected chi connectivity index (χ3v) is 2.71. The molecule has 3 nitrogen and oxygen atoms in total. The van der Waals surface area contributed by atoms with E-state index in [4.69, 9.17) is 17.0 Å². The van der Waals surface area contributed by atoms with E-state index in [-0.39, 0.29) is 0 Å². The van der Waals surface area contributed by atoms with Crippen LogP contribution in [0.1, 0.15) is 33.1 Å². The van der Waals surface area contributed by atoms with Crippen LogP contribution in [0.15, 0.2) is 0 Å². The van der Waals surface area contributed by atoms with Crippen LogP contribution in [0.2, 0.25) is 0 Å². The first-order valence-corrected chi connectivity index (χ1v) is 5.62. The van der Waals surface area contributed by atoms with Crippen LogP contribution in [0, 0.1) is 0 Å². The van der Waals surface area contributed by atoms with Gasteiger partial charge < -0.3 is 15.4 Å². The van der Waals surface area contributed by atoms with Crippen LogP contribution in [-0.4, -0.2) is 30.4 Å². The van der Waals surface area contributed by atoms with Crippen LogP contribution in [0.3, 0.4) is 0 Å². The summed E-state index contributed by atoms with van der Waals surface area (Å²) in [6, 6.07) is 0.883. The Labute approximate surface area is 91.6 Å². The van der Waals surface area contributed by atoms with Gasteiger partial charge in [-0.2, -0.15) is 0 Å². The van der Waals surface area contributed by atoms with Crippen LogP contribution < -0.4 is 10.6 Å². The molecule has 1 fully saturated rings. The number of hydrogen-bond donors (Lipinski definition) is 2. The Kier molecular flexibility index (Phi) is 4.62. The van der Waals surface area contributed by atoms with E-state index in [1.807, 2.05) is 0 Å². The number of rotatable bonds is 3. The van der Waals surface area contributed by atoms with Crippen LogP contribution >= 0.6 is 12.2 Å². The molecule has 0 amide bonds. The Hall–Kier alpha value is -0.350. The molecule has 1 aliphatic carbocycles. The molecule has 0 aromatic rings. The zero-order valence-corrected chi connectivity index (χ0v) is 9.99. The minimum Gasteiger partial charge on any atom is -0.381 e. The average molecular weight is 216 g/mol. The number of methoxy groups -OCH3 is 1. The van der Waals surface area contributed by atoms with Gasteiger partial charge in [-0.1, -0.05) is 0 Å². The fraction of sp³-hybridized carbons (Fsp3) is 0.900. The van der Waals surface area contributed by atoms with Gasteiger partial charge in [0, 0.05) is 19.2 Å². The molecule has 2 atom stereocenters. The highest BCUT2D eigenvalue weighted by Crippen LogP contribution is 2.21. The molecule has 14 heavy (non-hydrogen) atoms. The van der Waals surface area contributed by atoms with Crippen molar-refractivity contribution in [3.05, 3.63) is 0 Å². The second kappa shape index (κ2) is 5.51. The van der Waals surface area contributed by atoms with Gasteiger partial charge in [-0.25, -0.2) is 0 Å². The lowest BCUT2D eigenvalue weighted by Gasteiger charge is -2.17. The van der Waals surface area contributed by atoms with E-state index in [9.17, 15) is 0 Å². The SMILES string of the molecule is COC1CCC(NC(=S)NC(C)C)C1. The molecule has 0 heterocycles. The maximum atomic E-state index is 5.30. The van der Waals surface area contributed by atoms with Crippen LogP contribution in [0.4, 0.5) is 0 Å². The smallest absolute Gasteiger partial charge is 0.166 e. The highest BCUT2D eigenvalue weighted by atomic mass is 32.1. The zero-order valence-electron chi connectivity index (χ0n) is 9.17. The lowest BCUT2D eigenvalue weighted by molar-refractivity contribution is 0.107. The second-order valence-electron chi connectivity index (χ2n) is 4.14. The van der Waals surface area contributed by atoms with Crippen LogP contribution in [0.25, 0.3) is 0 Å². The Morgan fingerprint density at radius 2 is 2.14 bits per heavy atom. The fourth-order valence-electron chi connectivity index (χ4n) is 1.77. The summed E-state index contributed by atoms with van der Waals surface area (Å²) < 4.78 is 5.30.